The van der Waals surface area contributed by atoms with Gasteiger partial charge in [0, 0.05) is 18.8 Å². The van der Waals surface area contributed by atoms with Crippen molar-refractivity contribution in [2.24, 2.45) is 0 Å². The summed E-state index contributed by atoms with van der Waals surface area (Å²) in [6.07, 6.45) is 3.29. The second-order valence-corrected chi connectivity index (χ2v) is 3.75. The minimum Gasteiger partial charge on any atom is -0.394 e. The highest BCUT2D eigenvalue weighted by atomic mass is 16.5. The number of aliphatic hydroxyl groups excluding tert-OH is 2. The maximum absolute atomic E-state index is 9.53. The Morgan fingerprint density at radius 1 is 1.64 bits per heavy atom. The molecule has 78 valence electrons. The third-order valence-electron chi connectivity index (χ3n) is 2.58. The van der Waals surface area contributed by atoms with Crippen LogP contribution >= 0.6 is 0 Å². The van der Waals surface area contributed by atoms with Crippen molar-refractivity contribution in [3.05, 3.63) is 24.0 Å². The average molecular weight is 197 g/mol. The summed E-state index contributed by atoms with van der Waals surface area (Å²) in [5.74, 6) is 0. The quantitative estimate of drug-likeness (QED) is 0.723. The summed E-state index contributed by atoms with van der Waals surface area (Å²) in [7, 11) is 0. The lowest BCUT2D eigenvalue weighted by molar-refractivity contribution is -0.0442. The summed E-state index contributed by atoms with van der Waals surface area (Å²) in [5.41, 5.74) is 1.16. The van der Waals surface area contributed by atoms with Gasteiger partial charge in [0.15, 0.2) is 0 Å². The van der Waals surface area contributed by atoms with Crippen LogP contribution in [0.5, 0.6) is 0 Å². The first-order valence-electron chi connectivity index (χ1n) is 4.79. The Balaban J connectivity index is 2.08. The Hall–Kier alpha value is -0.840. The summed E-state index contributed by atoms with van der Waals surface area (Å²) in [4.78, 5) is 0. The first-order chi connectivity index (χ1) is 6.70. The smallest absolute Gasteiger partial charge is 0.136 e. The van der Waals surface area contributed by atoms with Crippen LogP contribution in [0.1, 0.15) is 18.2 Å². The van der Waals surface area contributed by atoms with Gasteiger partial charge >= 0.3 is 0 Å². The van der Waals surface area contributed by atoms with E-state index in [1.165, 1.54) is 0 Å². The Bertz CT molecular complexity index is 310. The number of aryl methyl sites for hydroxylation is 1. The van der Waals surface area contributed by atoms with Crippen LogP contribution < -0.4 is 0 Å². The number of rotatable bonds is 2. The molecule has 0 spiro atoms. The van der Waals surface area contributed by atoms with Gasteiger partial charge in [0.1, 0.15) is 12.3 Å². The molecule has 0 bridgehead atoms. The van der Waals surface area contributed by atoms with Crippen LogP contribution in [-0.4, -0.2) is 33.6 Å². The molecule has 3 atom stereocenters. The van der Waals surface area contributed by atoms with Crippen molar-refractivity contribution in [3.63, 3.8) is 0 Å². The fraction of sp³-hybridized carbons (Fsp3) is 0.600. The van der Waals surface area contributed by atoms with Gasteiger partial charge in [-0.15, -0.1) is 0 Å². The van der Waals surface area contributed by atoms with Gasteiger partial charge in [-0.2, -0.15) is 0 Å². The molecule has 4 heteroatoms. The van der Waals surface area contributed by atoms with E-state index in [0.717, 1.165) is 5.56 Å². The van der Waals surface area contributed by atoms with Crippen molar-refractivity contribution in [2.75, 3.05) is 6.61 Å². The number of ether oxygens (including phenoxy) is 1. The fourth-order valence-electron chi connectivity index (χ4n) is 1.77. The first-order valence-corrected chi connectivity index (χ1v) is 4.79. The van der Waals surface area contributed by atoms with E-state index in [-0.39, 0.29) is 12.8 Å². The highest BCUT2D eigenvalue weighted by Gasteiger charge is 2.33. The molecule has 2 rings (SSSR count). The molecule has 0 radical (unpaired) electrons. The van der Waals surface area contributed by atoms with Gasteiger partial charge in [0.05, 0.1) is 12.7 Å². The Morgan fingerprint density at radius 3 is 2.93 bits per heavy atom. The van der Waals surface area contributed by atoms with E-state index < -0.39 is 12.2 Å². The van der Waals surface area contributed by atoms with Crippen LogP contribution in [0.25, 0.3) is 0 Å². The van der Waals surface area contributed by atoms with E-state index in [1.807, 2.05) is 30.0 Å². The van der Waals surface area contributed by atoms with Crippen molar-refractivity contribution >= 4 is 0 Å². The lowest BCUT2D eigenvalue weighted by Gasteiger charge is -2.13. The highest BCUT2D eigenvalue weighted by molar-refractivity contribution is 5.08. The normalized spacial score (nSPS) is 32.4. The lowest BCUT2D eigenvalue weighted by Crippen LogP contribution is -2.24. The molecule has 1 fully saturated rings. The third kappa shape index (κ3) is 1.68. The van der Waals surface area contributed by atoms with Crippen LogP contribution in [0.3, 0.4) is 0 Å². The van der Waals surface area contributed by atoms with E-state index in [2.05, 4.69) is 0 Å². The van der Waals surface area contributed by atoms with E-state index in [1.54, 1.807) is 0 Å². The number of aromatic nitrogens is 1. The molecule has 0 amide bonds. The molecule has 2 N–H and O–H groups in total. The fourth-order valence-corrected chi connectivity index (χ4v) is 1.77. The van der Waals surface area contributed by atoms with Crippen molar-refractivity contribution in [1.29, 1.82) is 0 Å². The third-order valence-corrected chi connectivity index (χ3v) is 2.58. The molecule has 1 aromatic heterocycles. The summed E-state index contributed by atoms with van der Waals surface area (Å²) < 4.78 is 7.41. The van der Waals surface area contributed by atoms with E-state index in [9.17, 15) is 5.11 Å². The van der Waals surface area contributed by atoms with Gasteiger partial charge in [-0.3, -0.25) is 0 Å². The largest absolute Gasteiger partial charge is 0.394 e. The predicted molar refractivity (Wildman–Crippen MR) is 50.8 cm³/mol. The molecule has 0 unspecified atom stereocenters. The summed E-state index contributed by atoms with van der Waals surface area (Å²) >= 11 is 0. The number of hydrogen-bond acceptors (Lipinski definition) is 3. The average Bonchev–Trinajstić information content (AvgIpc) is 2.71. The minimum atomic E-state index is -0.562. The van der Waals surface area contributed by atoms with Crippen LogP contribution in [0, 0.1) is 6.92 Å². The van der Waals surface area contributed by atoms with Gasteiger partial charge in [-0.05, 0) is 18.6 Å². The van der Waals surface area contributed by atoms with Crippen molar-refractivity contribution < 1.29 is 14.9 Å². The Labute approximate surface area is 82.7 Å². The molecule has 1 aromatic rings. The molecule has 14 heavy (non-hydrogen) atoms. The second kappa shape index (κ2) is 3.73. The van der Waals surface area contributed by atoms with Crippen LogP contribution in [0.15, 0.2) is 18.5 Å². The predicted octanol–water partition coefficient (Wildman–Crippen LogP) is 0.437. The summed E-state index contributed by atoms with van der Waals surface area (Å²) in [6, 6.07) is 1.99. The monoisotopic (exact) mass is 197 g/mol. The van der Waals surface area contributed by atoms with Crippen LogP contribution in [-0.2, 0) is 4.74 Å². The van der Waals surface area contributed by atoms with Gasteiger partial charge < -0.3 is 19.5 Å². The number of aliphatic hydroxyl groups is 2. The molecule has 1 saturated heterocycles. The van der Waals surface area contributed by atoms with Crippen molar-refractivity contribution in [2.45, 2.75) is 31.8 Å². The zero-order valence-electron chi connectivity index (χ0n) is 8.13. The number of hydrogen-bond donors (Lipinski definition) is 2. The highest BCUT2D eigenvalue weighted by Crippen LogP contribution is 2.28. The number of nitrogens with zero attached hydrogens (tertiary/aromatic N) is 1. The molecule has 2 heterocycles. The van der Waals surface area contributed by atoms with Crippen LogP contribution in [0.2, 0.25) is 0 Å². The Morgan fingerprint density at radius 2 is 2.43 bits per heavy atom. The zero-order valence-corrected chi connectivity index (χ0v) is 8.13. The standard InChI is InChI=1S/C10H15NO3/c1-7-2-3-11(5-7)10-4-8(13)9(6-12)14-10/h2-3,5,8-10,12-13H,4,6H2,1H3/t8-,9-,10-/m1/s1. The molecule has 0 aliphatic carbocycles. The second-order valence-electron chi connectivity index (χ2n) is 3.75. The maximum atomic E-state index is 9.53. The van der Waals surface area contributed by atoms with Gasteiger partial charge in [0.25, 0.3) is 0 Å². The molecule has 1 aliphatic rings. The molecular weight excluding hydrogens is 182 g/mol. The molecule has 4 nitrogen and oxygen atoms in total. The van der Waals surface area contributed by atoms with E-state index in [0.29, 0.717) is 6.42 Å². The van der Waals surface area contributed by atoms with Gasteiger partial charge in [-0.1, -0.05) is 0 Å². The van der Waals surface area contributed by atoms with Crippen LogP contribution in [0.4, 0.5) is 0 Å². The van der Waals surface area contributed by atoms with Crippen molar-refractivity contribution in [3.8, 4) is 0 Å². The first kappa shape index (κ1) is 9.71. The van der Waals surface area contributed by atoms with E-state index >= 15 is 0 Å². The minimum absolute atomic E-state index is 0.127. The Kier molecular flexibility index (Phi) is 2.58. The lowest BCUT2D eigenvalue weighted by atomic mass is 10.2. The maximum Gasteiger partial charge on any atom is 0.136 e. The van der Waals surface area contributed by atoms with Gasteiger partial charge in [0.2, 0.25) is 0 Å². The zero-order chi connectivity index (χ0) is 10.1. The summed E-state index contributed by atoms with van der Waals surface area (Å²) in [6.45, 7) is 1.88. The van der Waals surface area contributed by atoms with Crippen molar-refractivity contribution in [1.82, 2.24) is 4.57 Å². The van der Waals surface area contributed by atoms with E-state index in [4.69, 9.17) is 9.84 Å². The molecular formula is C10H15NO3. The molecule has 0 saturated carbocycles. The SMILES string of the molecule is Cc1ccn([C@H]2C[C@@H](O)[C@@H](CO)O2)c1. The molecule has 0 aromatic carbocycles. The molecule has 1 aliphatic heterocycles. The van der Waals surface area contributed by atoms with Gasteiger partial charge in [-0.25, -0.2) is 0 Å². The topological polar surface area (TPSA) is 54.6 Å². The summed E-state index contributed by atoms with van der Waals surface area (Å²) in [5, 5.41) is 18.4.